The Kier molecular flexibility index (Phi) is 7.52. The molecule has 10 heteroatoms. The first-order chi connectivity index (χ1) is 14.5. The molecule has 3 rings (SSSR count). The van der Waals surface area contributed by atoms with E-state index in [4.69, 9.17) is 0 Å². The van der Waals surface area contributed by atoms with Crippen molar-refractivity contribution in [3.8, 4) is 0 Å². The molecule has 0 saturated carbocycles. The Labute approximate surface area is 181 Å². The van der Waals surface area contributed by atoms with Crippen molar-refractivity contribution in [2.24, 2.45) is 10.2 Å². The van der Waals surface area contributed by atoms with E-state index < -0.39 is 0 Å². The summed E-state index contributed by atoms with van der Waals surface area (Å²) in [5.74, 6) is -0.437. The van der Waals surface area contributed by atoms with Crippen molar-refractivity contribution in [3.63, 3.8) is 0 Å². The summed E-state index contributed by atoms with van der Waals surface area (Å²) in [6.45, 7) is 3.80. The number of hydrazone groups is 2. The number of aromatic nitrogens is 2. The third-order valence-corrected chi connectivity index (χ3v) is 5.40. The van der Waals surface area contributed by atoms with Crippen molar-refractivity contribution in [1.29, 1.82) is 0 Å². The fourth-order valence-corrected chi connectivity index (χ4v) is 3.64. The predicted octanol–water partition coefficient (Wildman–Crippen LogP) is 2.60. The van der Waals surface area contributed by atoms with Crippen LogP contribution < -0.4 is 10.9 Å². The molecule has 0 bridgehead atoms. The van der Waals surface area contributed by atoms with E-state index in [-0.39, 0.29) is 24.7 Å². The standard InChI is InChI=1S/C20H20N6O2S2/c1-13-23-17(11-29-13)7-19(27)25-21-9-15-3-5-16(6-4-15)10-22-26-20(28)8-18-12-30-14(2)24-18/h3-6,9-12H,7-8H2,1-2H3,(H,25,27)(H,26,28). The topological polar surface area (TPSA) is 109 Å². The van der Waals surface area contributed by atoms with Gasteiger partial charge in [-0.3, -0.25) is 9.59 Å². The van der Waals surface area contributed by atoms with Crippen molar-refractivity contribution >= 4 is 46.9 Å². The molecule has 30 heavy (non-hydrogen) atoms. The van der Waals surface area contributed by atoms with Crippen LogP contribution in [0.1, 0.15) is 32.5 Å². The second-order valence-electron chi connectivity index (χ2n) is 6.32. The van der Waals surface area contributed by atoms with E-state index in [0.29, 0.717) is 0 Å². The van der Waals surface area contributed by atoms with Gasteiger partial charge in [0.2, 0.25) is 11.8 Å². The third-order valence-electron chi connectivity index (χ3n) is 3.76. The lowest BCUT2D eigenvalue weighted by Gasteiger charge is -1.99. The van der Waals surface area contributed by atoms with E-state index in [0.717, 1.165) is 32.5 Å². The molecular formula is C20H20N6O2S2. The summed E-state index contributed by atoms with van der Waals surface area (Å²) < 4.78 is 0. The number of benzene rings is 1. The van der Waals surface area contributed by atoms with Gasteiger partial charge in [-0.15, -0.1) is 22.7 Å². The lowest BCUT2D eigenvalue weighted by Crippen LogP contribution is -2.20. The van der Waals surface area contributed by atoms with E-state index >= 15 is 0 Å². The minimum Gasteiger partial charge on any atom is -0.273 e. The fraction of sp³-hybridized carbons (Fsp3) is 0.200. The van der Waals surface area contributed by atoms with Crippen LogP contribution in [-0.4, -0.2) is 34.2 Å². The van der Waals surface area contributed by atoms with E-state index in [1.165, 1.54) is 22.7 Å². The molecule has 0 saturated heterocycles. The number of amides is 2. The monoisotopic (exact) mass is 440 g/mol. The van der Waals surface area contributed by atoms with Gasteiger partial charge in [0.05, 0.1) is 46.7 Å². The van der Waals surface area contributed by atoms with Gasteiger partial charge in [0.15, 0.2) is 0 Å². The minimum absolute atomic E-state index is 0.199. The van der Waals surface area contributed by atoms with Crippen LogP contribution in [0, 0.1) is 13.8 Å². The Bertz CT molecular complexity index is 984. The molecule has 0 unspecified atom stereocenters. The number of hydrogen-bond donors (Lipinski definition) is 2. The Morgan fingerprint density at radius 1 is 0.833 bits per heavy atom. The first-order valence-corrected chi connectivity index (χ1v) is 10.8. The summed E-state index contributed by atoms with van der Waals surface area (Å²) in [6.07, 6.45) is 3.52. The number of thiazole rings is 2. The Morgan fingerprint density at radius 3 is 1.57 bits per heavy atom. The number of aryl methyl sites for hydroxylation is 2. The molecule has 0 spiro atoms. The highest BCUT2D eigenvalue weighted by Crippen LogP contribution is 2.09. The van der Waals surface area contributed by atoms with Crippen LogP contribution in [0.2, 0.25) is 0 Å². The van der Waals surface area contributed by atoms with Crippen LogP contribution >= 0.6 is 22.7 Å². The zero-order chi connectivity index (χ0) is 21.3. The van der Waals surface area contributed by atoms with Gasteiger partial charge in [-0.1, -0.05) is 24.3 Å². The maximum Gasteiger partial charge on any atom is 0.246 e. The van der Waals surface area contributed by atoms with Gasteiger partial charge in [-0.2, -0.15) is 10.2 Å². The average molecular weight is 441 g/mol. The van der Waals surface area contributed by atoms with Crippen molar-refractivity contribution in [3.05, 3.63) is 67.6 Å². The highest BCUT2D eigenvalue weighted by Gasteiger charge is 2.06. The largest absolute Gasteiger partial charge is 0.273 e. The molecule has 0 radical (unpaired) electrons. The highest BCUT2D eigenvalue weighted by atomic mass is 32.1. The molecule has 1 aromatic carbocycles. The molecule has 0 aliphatic carbocycles. The predicted molar refractivity (Wildman–Crippen MR) is 119 cm³/mol. The van der Waals surface area contributed by atoms with E-state index in [2.05, 4.69) is 31.0 Å². The number of nitrogens with zero attached hydrogens (tertiary/aromatic N) is 4. The summed E-state index contributed by atoms with van der Waals surface area (Å²) in [6, 6.07) is 7.34. The molecule has 2 amide bonds. The fourth-order valence-electron chi connectivity index (χ4n) is 2.41. The van der Waals surface area contributed by atoms with Crippen molar-refractivity contribution < 1.29 is 9.59 Å². The Morgan fingerprint density at radius 2 is 1.23 bits per heavy atom. The van der Waals surface area contributed by atoms with Gasteiger partial charge in [0.25, 0.3) is 0 Å². The van der Waals surface area contributed by atoms with Crippen LogP contribution in [0.3, 0.4) is 0 Å². The molecule has 2 aromatic heterocycles. The molecule has 0 aliphatic rings. The number of hydrogen-bond acceptors (Lipinski definition) is 8. The lowest BCUT2D eigenvalue weighted by atomic mass is 10.2. The number of carbonyl (C=O) groups excluding carboxylic acids is 2. The second-order valence-corrected chi connectivity index (χ2v) is 8.45. The SMILES string of the molecule is Cc1nc(CC(=O)NN=Cc2ccc(C=NNC(=O)Cc3csc(C)n3)cc2)cs1. The molecular weight excluding hydrogens is 420 g/mol. The Balaban J connectivity index is 1.42. The maximum atomic E-state index is 11.8. The normalized spacial score (nSPS) is 11.3. The summed E-state index contributed by atoms with van der Waals surface area (Å²) in [5, 5.41) is 13.5. The summed E-state index contributed by atoms with van der Waals surface area (Å²) in [7, 11) is 0. The van der Waals surface area contributed by atoms with Gasteiger partial charge in [-0.05, 0) is 25.0 Å². The summed E-state index contributed by atoms with van der Waals surface area (Å²) in [4.78, 5) is 32.2. The van der Waals surface area contributed by atoms with Crippen molar-refractivity contribution in [2.45, 2.75) is 26.7 Å². The number of carbonyl (C=O) groups is 2. The van der Waals surface area contributed by atoms with Crippen LogP contribution in [-0.2, 0) is 22.4 Å². The van der Waals surface area contributed by atoms with E-state index in [9.17, 15) is 9.59 Å². The van der Waals surface area contributed by atoms with Gasteiger partial charge < -0.3 is 0 Å². The van der Waals surface area contributed by atoms with Gasteiger partial charge in [0.1, 0.15) is 0 Å². The second kappa shape index (κ2) is 10.5. The zero-order valence-corrected chi connectivity index (χ0v) is 18.1. The molecule has 154 valence electrons. The average Bonchev–Trinajstić information content (AvgIpc) is 3.30. The summed E-state index contributed by atoms with van der Waals surface area (Å²) in [5.41, 5.74) is 8.09. The highest BCUT2D eigenvalue weighted by molar-refractivity contribution is 7.09. The van der Waals surface area contributed by atoms with E-state index in [1.54, 1.807) is 12.4 Å². The number of nitrogens with one attached hydrogen (secondary N) is 2. The minimum atomic E-state index is -0.219. The Hall–Kier alpha value is -3.24. The molecule has 8 nitrogen and oxygen atoms in total. The first-order valence-electron chi connectivity index (χ1n) is 9.04. The molecule has 0 fully saturated rings. The molecule has 2 N–H and O–H groups in total. The van der Waals surface area contributed by atoms with Crippen LogP contribution in [0.25, 0.3) is 0 Å². The molecule has 2 heterocycles. The van der Waals surface area contributed by atoms with Crippen molar-refractivity contribution in [1.82, 2.24) is 20.8 Å². The molecule has 0 atom stereocenters. The van der Waals surface area contributed by atoms with E-state index in [1.807, 2.05) is 48.9 Å². The maximum absolute atomic E-state index is 11.8. The summed E-state index contributed by atoms with van der Waals surface area (Å²) >= 11 is 3.02. The van der Waals surface area contributed by atoms with Gasteiger partial charge >= 0.3 is 0 Å². The first kappa shape index (κ1) is 21.5. The van der Waals surface area contributed by atoms with Gasteiger partial charge in [0, 0.05) is 10.8 Å². The zero-order valence-electron chi connectivity index (χ0n) is 16.5. The lowest BCUT2D eigenvalue weighted by molar-refractivity contribution is -0.121. The molecule has 3 aromatic rings. The number of rotatable bonds is 8. The van der Waals surface area contributed by atoms with Gasteiger partial charge in [-0.25, -0.2) is 20.8 Å². The van der Waals surface area contributed by atoms with Crippen LogP contribution in [0.5, 0.6) is 0 Å². The quantitative estimate of drug-likeness (QED) is 0.414. The molecule has 0 aliphatic heterocycles. The smallest absolute Gasteiger partial charge is 0.246 e. The third kappa shape index (κ3) is 6.98. The van der Waals surface area contributed by atoms with Crippen molar-refractivity contribution in [2.75, 3.05) is 0 Å². The van der Waals surface area contributed by atoms with Crippen LogP contribution in [0.15, 0.2) is 45.2 Å². The van der Waals surface area contributed by atoms with Crippen LogP contribution in [0.4, 0.5) is 0 Å².